The summed E-state index contributed by atoms with van der Waals surface area (Å²) in [6, 6.07) is 5.90. The second-order valence-electron chi connectivity index (χ2n) is 4.12. The summed E-state index contributed by atoms with van der Waals surface area (Å²) in [7, 11) is 0. The van der Waals surface area contributed by atoms with Crippen LogP contribution in [-0.4, -0.2) is 11.1 Å². The van der Waals surface area contributed by atoms with E-state index in [1.165, 1.54) is 12.1 Å². The highest BCUT2D eigenvalue weighted by molar-refractivity contribution is 5.76. The van der Waals surface area contributed by atoms with Gasteiger partial charge < -0.3 is 5.11 Å². The summed E-state index contributed by atoms with van der Waals surface area (Å²) in [5.74, 6) is -1.25. The molecule has 1 aromatic carbocycles. The molecule has 0 heterocycles. The molecule has 0 aliphatic heterocycles. The van der Waals surface area contributed by atoms with Gasteiger partial charge in [0.1, 0.15) is 5.82 Å². The van der Waals surface area contributed by atoms with Crippen LogP contribution in [0, 0.1) is 11.7 Å². The van der Waals surface area contributed by atoms with Crippen molar-refractivity contribution in [3.05, 3.63) is 35.6 Å². The number of aliphatic carboxylic acids is 1. The number of rotatable bonds is 4. The normalized spacial score (nSPS) is 17.4. The smallest absolute Gasteiger partial charge is 0.310 e. The molecule has 0 spiro atoms. The van der Waals surface area contributed by atoms with Crippen molar-refractivity contribution >= 4 is 5.97 Å². The Morgan fingerprint density at radius 3 is 2.80 bits per heavy atom. The SMILES string of the molecule is O=C(O)C(CC1CC1)c1cccc(F)c1. The van der Waals surface area contributed by atoms with Gasteiger partial charge in [0.25, 0.3) is 0 Å². The third-order valence-electron chi connectivity index (χ3n) is 2.82. The van der Waals surface area contributed by atoms with E-state index in [0.717, 1.165) is 12.8 Å². The quantitative estimate of drug-likeness (QED) is 0.826. The van der Waals surface area contributed by atoms with Gasteiger partial charge in [-0.15, -0.1) is 0 Å². The predicted molar refractivity (Wildman–Crippen MR) is 54.1 cm³/mol. The zero-order valence-corrected chi connectivity index (χ0v) is 8.32. The molecule has 0 radical (unpaired) electrons. The fourth-order valence-corrected chi connectivity index (χ4v) is 1.79. The number of carbonyl (C=O) groups is 1. The van der Waals surface area contributed by atoms with Crippen molar-refractivity contribution in [3.63, 3.8) is 0 Å². The van der Waals surface area contributed by atoms with Crippen LogP contribution >= 0.6 is 0 Å². The van der Waals surface area contributed by atoms with E-state index < -0.39 is 11.9 Å². The Morgan fingerprint density at radius 1 is 1.53 bits per heavy atom. The molecule has 0 saturated heterocycles. The van der Waals surface area contributed by atoms with Crippen molar-refractivity contribution in [3.8, 4) is 0 Å². The number of halogens is 1. The Bertz CT molecular complexity index is 372. The lowest BCUT2D eigenvalue weighted by molar-refractivity contribution is -0.139. The molecule has 2 rings (SSSR count). The fraction of sp³-hybridized carbons (Fsp3) is 0.417. The Labute approximate surface area is 87.7 Å². The molecule has 1 saturated carbocycles. The molecular formula is C12H13FO2. The van der Waals surface area contributed by atoms with Crippen molar-refractivity contribution in [2.24, 2.45) is 5.92 Å². The van der Waals surface area contributed by atoms with E-state index in [9.17, 15) is 9.18 Å². The molecule has 2 nitrogen and oxygen atoms in total. The van der Waals surface area contributed by atoms with E-state index >= 15 is 0 Å². The molecule has 1 unspecified atom stereocenters. The van der Waals surface area contributed by atoms with E-state index in [-0.39, 0.29) is 5.82 Å². The minimum atomic E-state index is -0.854. The molecule has 1 aliphatic carbocycles. The maximum absolute atomic E-state index is 13.0. The third-order valence-corrected chi connectivity index (χ3v) is 2.82. The Morgan fingerprint density at radius 2 is 2.27 bits per heavy atom. The van der Waals surface area contributed by atoms with Crippen LogP contribution in [0.4, 0.5) is 4.39 Å². The maximum atomic E-state index is 13.0. The number of benzene rings is 1. The second kappa shape index (κ2) is 4.01. The monoisotopic (exact) mass is 208 g/mol. The first-order valence-corrected chi connectivity index (χ1v) is 5.15. The van der Waals surface area contributed by atoms with E-state index in [4.69, 9.17) is 5.11 Å². The van der Waals surface area contributed by atoms with E-state index in [1.807, 2.05) is 0 Å². The van der Waals surface area contributed by atoms with Crippen LogP contribution in [0.25, 0.3) is 0 Å². The zero-order chi connectivity index (χ0) is 10.8. The fourth-order valence-electron chi connectivity index (χ4n) is 1.79. The number of carboxylic acids is 1. The van der Waals surface area contributed by atoms with Crippen LogP contribution in [0.5, 0.6) is 0 Å². The molecule has 0 amide bonds. The highest BCUT2D eigenvalue weighted by atomic mass is 19.1. The molecule has 1 N–H and O–H groups in total. The van der Waals surface area contributed by atoms with Gasteiger partial charge in [0, 0.05) is 0 Å². The van der Waals surface area contributed by atoms with Gasteiger partial charge in [-0.2, -0.15) is 0 Å². The van der Waals surface area contributed by atoms with E-state index in [2.05, 4.69) is 0 Å². The van der Waals surface area contributed by atoms with Crippen molar-refractivity contribution in [1.29, 1.82) is 0 Å². The van der Waals surface area contributed by atoms with Crippen LogP contribution in [0.2, 0.25) is 0 Å². The van der Waals surface area contributed by atoms with Crippen LogP contribution in [0.3, 0.4) is 0 Å². The molecule has 3 heteroatoms. The molecule has 1 atom stereocenters. The van der Waals surface area contributed by atoms with Crippen LogP contribution in [0.15, 0.2) is 24.3 Å². The second-order valence-corrected chi connectivity index (χ2v) is 4.12. The molecule has 15 heavy (non-hydrogen) atoms. The summed E-state index contributed by atoms with van der Waals surface area (Å²) in [5.41, 5.74) is 0.578. The lowest BCUT2D eigenvalue weighted by Crippen LogP contribution is -2.12. The topological polar surface area (TPSA) is 37.3 Å². The molecule has 0 bridgehead atoms. The van der Waals surface area contributed by atoms with E-state index in [0.29, 0.717) is 17.9 Å². The number of carboxylic acid groups (broad SMARTS) is 1. The summed E-state index contributed by atoms with van der Waals surface area (Å²) in [6.07, 6.45) is 2.86. The summed E-state index contributed by atoms with van der Waals surface area (Å²) in [6.45, 7) is 0. The largest absolute Gasteiger partial charge is 0.481 e. The first-order chi connectivity index (χ1) is 7.16. The average molecular weight is 208 g/mol. The summed E-state index contributed by atoms with van der Waals surface area (Å²) in [4.78, 5) is 11.1. The zero-order valence-electron chi connectivity index (χ0n) is 8.32. The Kier molecular flexibility index (Phi) is 2.71. The number of hydrogen-bond acceptors (Lipinski definition) is 1. The van der Waals surface area contributed by atoms with Gasteiger partial charge in [0.2, 0.25) is 0 Å². The van der Waals surface area contributed by atoms with Gasteiger partial charge in [-0.25, -0.2) is 4.39 Å². The highest BCUT2D eigenvalue weighted by Crippen LogP contribution is 2.38. The van der Waals surface area contributed by atoms with Crippen molar-refractivity contribution in [2.45, 2.75) is 25.2 Å². The first-order valence-electron chi connectivity index (χ1n) is 5.15. The van der Waals surface area contributed by atoms with Crippen molar-refractivity contribution < 1.29 is 14.3 Å². The lowest BCUT2D eigenvalue weighted by atomic mass is 9.93. The molecule has 1 aliphatic rings. The minimum absolute atomic E-state index is 0.366. The molecule has 1 fully saturated rings. The third kappa shape index (κ3) is 2.55. The average Bonchev–Trinajstić information content (AvgIpc) is 2.97. The highest BCUT2D eigenvalue weighted by Gasteiger charge is 2.30. The Balaban J connectivity index is 2.18. The predicted octanol–water partition coefficient (Wildman–Crippen LogP) is 2.79. The van der Waals surface area contributed by atoms with Gasteiger partial charge in [0.05, 0.1) is 5.92 Å². The molecule has 0 aromatic heterocycles. The van der Waals surface area contributed by atoms with Gasteiger partial charge in [-0.1, -0.05) is 25.0 Å². The molecule has 1 aromatic rings. The first kappa shape index (κ1) is 10.1. The van der Waals surface area contributed by atoms with Crippen LogP contribution in [-0.2, 0) is 4.79 Å². The summed E-state index contributed by atoms with van der Waals surface area (Å²) in [5, 5.41) is 9.07. The number of hydrogen-bond donors (Lipinski definition) is 1. The van der Waals surface area contributed by atoms with Gasteiger partial charge in [-0.3, -0.25) is 4.79 Å². The standard InChI is InChI=1S/C12H13FO2/c13-10-3-1-2-9(7-10)11(12(14)15)6-8-4-5-8/h1-3,7-8,11H,4-6H2,(H,14,15). The lowest BCUT2D eigenvalue weighted by Gasteiger charge is -2.11. The summed E-state index contributed by atoms with van der Waals surface area (Å²) >= 11 is 0. The summed E-state index contributed by atoms with van der Waals surface area (Å²) < 4.78 is 13.0. The molecule has 80 valence electrons. The molecular weight excluding hydrogens is 195 g/mol. The van der Waals surface area contributed by atoms with Crippen molar-refractivity contribution in [1.82, 2.24) is 0 Å². The Hall–Kier alpha value is -1.38. The minimum Gasteiger partial charge on any atom is -0.481 e. The van der Waals surface area contributed by atoms with Gasteiger partial charge >= 0.3 is 5.97 Å². The van der Waals surface area contributed by atoms with E-state index in [1.54, 1.807) is 12.1 Å². The van der Waals surface area contributed by atoms with Gasteiger partial charge in [0.15, 0.2) is 0 Å². The van der Waals surface area contributed by atoms with Crippen LogP contribution < -0.4 is 0 Å². The van der Waals surface area contributed by atoms with Gasteiger partial charge in [-0.05, 0) is 30.0 Å². The maximum Gasteiger partial charge on any atom is 0.310 e. The van der Waals surface area contributed by atoms with Crippen LogP contribution in [0.1, 0.15) is 30.7 Å². The van der Waals surface area contributed by atoms with Crippen molar-refractivity contribution in [2.75, 3.05) is 0 Å².